The maximum atomic E-state index is 6.93. The summed E-state index contributed by atoms with van der Waals surface area (Å²) in [6.45, 7) is 18.3. The van der Waals surface area contributed by atoms with Crippen molar-refractivity contribution in [2.24, 2.45) is 0 Å². The average molecular weight is 1150 g/mol. The minimum absolute atomic E-state index is 0.156. The van der Waals surface area contributed by atoms with Gasteiger partial charge in [0.2, 0.25) is 0 Å². The van der Waals surface area contributed by atoms with Gasteiger partial charge in [-0.1, -0.05) is 189 Å². The van der Waals surface area contributed by atoms with Crippen molar-refractivity contribution < 1.29 is 13.3 Å². The Morgan fingerprint density at radius 1 is 0.258 bits per heavy atom. The first kappa shape index (κ1) is 52.9. The third kappa shape index (κ3) is 8.28. The molecule has 0 saturated heterocycles. The Balaban J connectivity index is 0.741. The Kier molecular flexibility index (Phi) is 11.6. The van der Waals surface area contributed by atoms with Crippen molar-refractivity contribution in [3.8, 4) is 44.5 Å². The maximum Gasteiger partial charge on any atom is 0.137 e. The van der Waals surface area contributed by atoms with Crippen molar-refractivity contribution in [2.45, 2.75) is 78.1 Å². The van der Waals surface area contributed by atoms with E-state index in [-0.39, 0.29) is 10.8 Å². The molecule has 2 aliphatic rings. The van der Waals surface area contributed by atoms with Gasteiger partial charge in [-0.2, -0.15) is 0 Å². The summed E-state index contributed by atoms with van der Waals surface area (Å²) in [4.78, 5) is 4.74. The van der Waals surface area contributed by atoms with Crippen molar-refractivity contribution >= 4 is 99.9 Å². The Labute approximate surface area is 518 Å². The SMILES string of the molecule is CC(C)c1ccc(-c2ccc(N(c3ccc4c(c3)C(C)(C)c3ccccc3-4)c3ccc4c(c3)oc3cc5c(cc34)oc3cc4c(cc35)oc3cc(N(c5ccc(-c6ccc(C(C)C)cc6)cc5)c5ccc6c(c5)C(C)(C)c5ccccc5-6)ccc34)cc2)cc1. The van der Waals surface area contributed by atoms with Crippen molar-refractivity contribution in [1.82, 2.24) is 0 Å². The maximum absolute atomic E-state index is 6.93. The first-order valence-corrected chi connectivity index (χ1v) is 31.4. The second-order valence-electron chi connectivity index (χ2n) is 26.5. The lowest BCUT2D eigenvalue weighted by Crippen LogP contribution is -2.16. The zero-order valence-corrected chi connectivity index (χ0v) is 51.4. The quantitative estimate of drug-likeness (QED) is 0.137. The third-order valence-electron chi connectivity index (χ3n) is 19.9. The fraction of sp³-hybridized carbons (Fsp3) is 0.143. The number of furan rings is 3. The molecule has 17 rings (SSSR count). The van der Waals surface area contributed by atoms with E-state index in [1.165, 1.54) is 77.9 Å². The van der Waals surface area contributed by atoms with E-state index in [2.05, 4.69) is 308 Å². The molecule has 0 unspecified atom stereocenters. The molecular formula is C84H66N2O3. The molecule has 15 aromatic rings. The number of fused-ring (bicyclic) bond motifs is 15. The van der Waals surface area contributed by atoms with E-state index in [1.807, 2.05) is 0 Å². The summed E-state index contributed by atoms with van der Waals surface area (Å²) in [5.74, 6) is 0.963. The van der Waals surface area contributed by atoms with E-state index < -0.39 is 0 Å². The van der Waals surface area contributed by atoms with Gasteiger partial charge in [0.25, 0.3) is 0 Å². The van der Waals surface area contributed by atoms with Crippen LogP contribution in [0.2, 0.25) is 0 Å². The number of benzene rings is 12. The topological polar surface area (TPSA) is 45.9 Å². The Bertz CT molecular complexity index is 5030. The van der Waals surface area contributed by atoms with Crippen LogP contribution >= 0.6 is 0 Å². The second-order valence-corrected chi connectivity index (χ2v) is 26.5. The smallest absolute Gasteiger partial charge is 0.137 e. The molecular weight excluding hydrogens is 1080 g/mol. The van der Waals surface area contributed by atoms with Crippen molar-refractivity contribution in [3.63, 3.8) is 0 Å². The van der Waals surface area contributed by atoms with Crippen LogP contribution in [0.4, 0.5) is 34.1 Å². The highest BCUT2D eigenvalue weighted by molar-refractivity contribution is 6.19. The number of anilines is 6. The molecule has 12 aromatic carbocycles. The first-order valence-electron chi connectivity index (χ1n) is 31.4. The van der Waals surface area contributed by atoms with E-state index >= 15 is 0 Å². The summed E-state index contributed by atoms with van der Waals surface area (Å²) in [6.07, 6.45) is 0. The molecule has 3 aromatic heterocycles. The van der Waals surface area contributed by atoms with Gasteiger partial charge in [0.1, 0.15) is 33.5 Å². The van der Waals surface area contributed by atoms with Crippen LogP contribution in [-0.2, 0) is 10.8 Å². The highest BCUT2D eigenvalue weighted by atomic mass is 16.3. The van der Waals surface area contributed by atoms with Gasteiger partial charge in [0, 0.05) is 89.4 Å². The number of hydrogen-bond acceptors (Lipinski definition) is 5. The molecule has 2 aliphatic carbocycles. The van der Waals surface area contributed by atoms with Gasteiger partial charge in [-0.3, -0.25) is 0 Å². The van der Waals surface area contributed by atoms with E-state index in [0.29, 0.717) is 11.8 Å². The lowest BCUT2D eigenvalue weighted by atomic mass is 9.82. The van der Waals surface area contributed by atoms with Gasteiger partial charge < -0.3 is 23.1 Å². The number of rotatable bonds is 10. The van der Waals surface area contributed by atoms with Crippen LogP contribution in [-0.4, -0.2) is 0 Å². The van der Waals surface area contributed by atoms with Gasteiger partial charge >= 0.3 is 0 Å². The Morgan fingerprint density at radius 2 is 0.539 bits per heavy atom. The van der Waals surface area contributed by atoms with Gasteiger partial charge in [0.15, 0.2) is 0 Å². The zero-order valence-electron chi connectivity index (χ0n) is 51.4. The molecule has 0 fully saturated rings. The van der Waals surface area contributed by atoms with E-state index in [0.717, 1.165) is 99.9 Å². The summed E-state index contributed by atoms with van der Waals surface area (Å²) >= 11 is 0. The van der Waals surface area contributed by atoms with Gasteiger partial charge in [-0.25, -0.2) is 0 Å². The molecule has 0 radical (unpaired) electrons. The normalized spacial score (nSPS) is 13.8. The molecule has 5 nitrogen and oxygen atoms in total. The molecule has 0 amide bonds. The molecule has 0 aliphatic heterocycles. The molecule has 0 atom stereocenters. The third-order valence-corrected chi connectivity index (χ3v) is 19.9. The summed E-state index contributed by atoms with van der Waals surface area (Å²) in [5.41, 5.74) is 28.8. The molecule has 430 valence electrons. The molecule has 0 N–H and O–H groups in total. The zero-order chi connectivity index (χ0) is 60.2. The highest BCUT2D eigenvalue weighted by Gasteiger charge is 2.37. The molecule has 89 heavy (non-hydrogen) atoms. The number of nitrogens with zero attached hydrogens (tertiary/aromatic N) is 2. The van der Waals surface area contributed by atoms with Crippen LogP contribution in [0.3, 0.4) is 0 Å². The standard InChI is InChI=1S/C84H66N2O3/c1-49(2)51-17-21-53(22-18-51)55-25-29-57(30-26-55)85(59-33-37-65-63-13-9-11-15-73(63)83(5,6)75(65)41-59)61-35-39-67-69-45-81-71(47-79(69)87-77(67)43-61)72-48-80-70(46-82(72)89-81)68-40-36-62(44-78(68)88-80)86(58-31-27-56(28-32-58)54-23-19-52(20-24-54)50(3)4)60-34-38-66-64-14-10-12-16-74(64)84(7,8)76(66)42-60/h9-50H,1-8H3. The monoisotopic (exact) mass is 1150 g/mol. The van der Waals surface area contributed by atoms with Gasteiger partial charge in [-0.15, -0.1) is 0 Å². The molecule has 0 saturated carbocycles. The molecule has 0 spiro atoms. The summed E-state index contributed by atoms with van der Waals surface area (Å²) in [7, 11) is 0. The highest BCUT2D eigenvalue weighted by Crippen LogP contribution is 2.53. The predicted molar refractivity (Wildman–Crippen MR) is 372 cm³/mol. The first-order chi connectivity index (χ1) is 43.2. The summed E-state index contributed by atoms with van der Waals surface area (Å²) in [5, 5.41) is 6.03. The fourth-order valence-corrected chi connectivity index (χ4v) is 14.9. The minimum atomic E-state index is -0.156. The van der Waals surface area contributed by atoms with Crippen molar-refractivity contribution in [2.75, 3.05) is 9.80 Å². The van der Waals surface area contributed by atoms with Crippen LogP contribution in [0.25, 0.3) is 110 Å². The van der Waals surface area contributed by atoms with Gasteiger partial charge in [-0.05, 0) is 187 Å². The van der Waals surface area contributed by atoms with Crippen LogP contribution in [0, 0.1) is 0 Å². The Hall–Kier alpha value is -10.4. The average Bonchev–Trinajstić information content (AvgIpc) is 1.70. The van der Waals surface area contributed by atoms with Crippen LogP contribution in [0.5, 0.6) is 0 Å². The second kappa shape index (κ2) is 19.6. The molecule has 0 bridgehead atoms. The largest absolute Gasteiger partial charge is 0.456 e. The van der Waals surface area contributed by atoms with Crippen LogP contribution in [0.1, 0.15) is 101 Å². The van der Waals surface area contributed by atoms with E-state index in [4.69, 9.17) is 13.3 Å². The van der Waals surface area contributed by atoms with E-state index in [9.17, 15) is 0 Å². The summed E-state index contributed by atoms with van der Waals surface area (Å²) in [6, 6.07) is 89.4. The number of hydrogen-bond donors (Lipinski definition) is 0. The minimum Gasteiger partial charge on any atom is -0.456 e. The van der Waals surface area contributed by atoms with Crippen molar-refractivity contribution in [3.05, 3.63) is 276 Å². The Morgan fingerprint density at radius 3 is 0.899 bits per heavy atom. The fourth-order valence-electron chi connectivity index (χ4n) is 14.9. The summed E-state index contributed by atoms with van der Waals surface area (Å²) < 4.78 is 20.7. The van der Waals surface area contributed by atoms with Crippen LogP contribution < -0.4 is 9.80 Å². The predicted octanol–water partition coefficient (Wildman–Crippen LogP) is 24.5. The lowest BCUT2D eigenvalue weighted by molar-refractivity contribution is 0.660. The van der Waals surface area contributed by atoms with E-state index in [1.54, 1.807) is 0 Å². The molecule has 3 heterocycles. The van der Waals surface area contributed by atoms with Crippen molar-refractivity contribution in [1.29, 1.82) is 0 Å². The molecule has 5 heteroatoms. The van der Waals surface area contributed by atoms with Crippen LogP contribution in [0.15, 0.2) is 256 Å². The lowest BCUT2D eigenvalue weighted by Gasteiger charge is -2.28. The van der Waals surface area contributed by atoms with Gasteiger partial charge in [0.05, 0.1) is 0 Å².